The van der Waals surface area contributed by atoms with Gasteiger partial charge in [-0.3, -0.25) is 9.48 Å². The average molecular weight is 424 g/mol. The van der Waals surface area contributed by atoms with Crippen LogP contribution in [0, 0.1) is 11.3 Å². The summed E-state index contributed by atoms with van der Waals surface area (Å²) in [5, 5.41) is 19.6. The van der Waals surface area contributed by atoms with Crippen LogP contribution < -0.4 is 10.6 Å². The van der Waals surface area contributed by atoms with Crippen LogP contribution in [0.25, 0.3) is 11.3 Å². The summed E-state index contributed by atoms with van der Waals surface area (Å²) >= 11 is 0. The van der Waals surface area contributed by atoms with Crippen molar-refractivity contribution in [2.75, 3.05) is 25.0 Å². The van der Waals surface area contributed by atoms with E-state index in [1.807, 2.05) is 36.4 Å². The van der Waals surface area contributed by atoms with Gasteiger partial charge in [0, 0.05) is 31.4 Å². The highest BCUT2D eigenvalue weighted by Crippen LogP contribution is 2.22. The number of amides is 1. The number of hydrogen-bond acceptors (Lipinski definition) is 5. The first-order valence-corrected chi connectivity index (χ1v) is 9.42. The van der Waals surface area contributed by atoms with Crippen molar-refractivity contribution >= 4 is 24.0 Å². The zero-order valence-corrected chi connectivity index (χ0v) is 17.3. The number of rotatable bonds is 4. The number of ether oxygens (including phenoxy) is 1. The molecule has 4 rings (SSSR count). The number of nitrogens with zero attached hydrogens (tertiary/aromatic N) is 3. The summed E-state index contributed by atoms with van der Waals surface area (Å²) < 4.78 is 7.30. The fraction of sp³-hybridized carbons (Fsp3) is 0.227. The smallest absolute Gasteiger partial charge is 0.273 e. The number of hydrogen-bond donors (Lipinski definition) is 2. The van der Waals surface area contributed by atoms with E-state index in [-0.39, 0.29) is 24.4 Å². The molecule has 0 radical (unpaired) electrons. The van der Waals surface area contributed by atoms with Gasteiger partial charge in [-0.05, 0) is 35.9 Å². The Labute approximate surface area is 181 Å². The van der Waals surface area contributed by atoms with Crippen LogP contribution in [0.5, 0.6) is 0 Å². The van der Waals surface area contributed by atoms with E-state index < -0.39 is 0 Å². The Hall–Kier alpha value is -3.18. The van der Waals surface area contributed by atoms with Crippen LogP contribution in [0.3, 0.4) is 0 Å². The molecule has 1 aliphatic rings. The first kappa shape index (κ1) is 21.5. The molecule has 1 aromatic heterocycles. The number of morpholine rings is 1. The predicted molar refractivity (Wildman–Crippen MR) is 117 cm³/mol. The standard InChI is InChI=1S/C22H21N5O2.ClH/c1-27-20(12-19(26-27)16-4-2-15(13-23)3-5-16)22(28)25-18-8-6-17(7-9-18)21-14-24-10-11-29-21;/h2-9,12,21,24H,10-11,14H2,1H3,(H,25,28);1H/t21-;/m1./s1. The molecule has 1 atom stereocenters. The lowest BCUT2D eigenvalue weighted by Gasteiger charge is -2.24. The lowest BCUT2D eigenvalue weighted by Crippen LogP contribution is -2.33. The van der Waals surface area contributed by atoms with Crippen LogP contribution in [0.1, 0.15) is 27.7 Å². The number of anilines is 1. The fourth-order valence-electron chi connectivity index (χ4n) is 3.29. The Bertz CT molecular complexity index is 1050. The van der Waals surface area contributed by atoms with E-state index in [0.717, 1.165) is 24.2 Å². The van der Waals surface area contributed by atoms with Gasteiger partial charge in [-0.15, -0.1) is 12.4 Å². The second-order valence-electron chi connectivity index (χ2n) is 6.87. The Morgan fingerprint density at radius 3 is 2.60 bits per heavy atom. The molecule has 154 valence electrons. The molecule has 1 saturated heterocycles. The van der Waals surface area contributed by atoms with E-state index in [2.05, 4.69) is 21.8 Å². The minimum absolute atomic E-state index is 0. The summed E-state index contributed by atoms with van der Waals surface area (Å²) in [6.45, 7) is 2.36. The lowest BCUT2D eigenvalue weighted by molar-refractivity contribution is 0.0277. The number of benzene rings is 2. The highest BCUT2D eigenvalue weighted by atomic mass is 35.5. The first-order valence-electron chi connectivity index (χ1n) is 9.42. The van der Waals surface area contributed by atoms with Gasteiger partial charge in [0.2, 0.25) is 0 Å². The van der Waals surface area contributed by atoms with Crippen molar-refractivity contribution in [1.82, 2.24) is 15.1 Å². The summed E-state index contributed by atoms with van der Waals surface area (Å²) in [4.78, 5) is 12.7. The summed E-state index contributed by atoms with van der Waals surface area (Å²) in [6.07, 6.45) is 0.0422. The van der Waals surface area contributed by atoms with Gasteiger partial charge < -0.3 is 15.4 Å². The Morgan fingerprint density at radius 2 is 1.97 bits per heavy atom. The molecule has 1 aliphatic heterocycles. The maximum atomic E-state index is 12.7. The number of carbonyl (C=O) groups excluding carboxylic acids is 1. The SMILES string of the molecule is Cl.Cn1nc(-c2ccc(C#N)cc2)cc1C(=O)Nc1ccc([C@H]2CNCCO2)cc1. The zero-order chi connectivity index (χ0) is 20.2. The van der Waals surface area contributed by atoms with Crippen molar-refractivity contribution in [3.63, 3.8) is 0 Å². The molecular weight excluding hydrogens is 402 g/mol. The van der Waals surface area contributed by atoms with Crippen molar-refractivity contribution < 1.29 is 9.53 Å². The highest BCUT2D eigenvalue weighted by molar-refractivity contribution is 6.03. The molecule has 1 amide bonds. The zero-order valence-electron chi connectivity index (χ0n) is 16.5. The molecule has 7 nitrogen and oxygen atoms in total. The first-order chi connectivity index (χ1) is 14.1. The van der Waals surface area contributed by atoms with E-state index in [9.17, 15) is 4.79 Å². The number of nitrogens with one attached hydrogen (secondary N) is 2. The van der Waals surface area contributed by atoms with E-state index >= 15 is 0 Å². The number of aromatic nitrogens is 2. The summed E-state index contributed by atoms with van der Waals surface area (Å²) in [5.41, 5.74) is 4.36. The van der Waals surface area contributed by atoms with Gasteiger partial charge in [0.25, 0.3) is 5.91 Å². The van der Waals surface area contributed by atoms with E-state index in [4.69, 9.17) is 10.00 Å². The van der Waals surface area contributed by atoms with Crippen molar-refractivity contribution in [2.24, 2.45) is 7.05 Å². The molecule has 2 aromatic carbocycles. The lowest BCUT2D eigenvalue weighted by atomic mass is 10.1. The van der Waals surface area contributed by atoms with Gasteiger partial charge in [0.15, 0.2) is 0 Å². The highest BCUT2D eigenvalue weighted by Gasteiger charge is 2.17. The maximum Gasteiger partial charge on any atom is 0.273 e. The molecule has 0 unspecified atom stereocenters. The Balaban J connectivity index is 0.00000256. The topological polar surface area (TPSA) is 92.0 Å². The molecule has 0 aliphatic carbocycles. The normalized spacial score (nSPS) is 15.7. The van der Waals surface area contributed by atoms with Gasteiger partial charge in [-0.1, -0.05) is 24.3 Å². The maximum absolute atomic E-state index is 12.7. The number of halogens is 1. The second-order valence-corrected chi connectivity index (χ2v) is 6.87. The minimum Gasteiger partial charge on any atom is -0.371 e. The average Bonchev–Trinajstić information content (AvgIpc) is 3.17. The molecule has 2 N–H and O–H groups in total. The van der Waals surface area contributed by atoms with Gasteiger partial charge in [0.05, 0.1) is 30.0 Å². The van der Waals surface area contributed by atoms with Crippen molar-refractivity contribution in [2.45, 2.75) is 6.10 Å². The van der Waals surface area contributed by atoms with Crippen LogP contribution in [-0.4, -0.2) is 35.4 Å². The third-order valence-electron chi connectivity index (χ3n) is 4.89. The van der Waals surface area contributed by atoms with Crippen LogP contribution in [0.2, 0.25) is 0 Å². The van der Waals surface area contributed by atoms with E-state index in [0.29, 0.717) is 29.2 Å². The van der Waals surface area contributed by atoms with Crippen molar-refractivity contribution in [3.8, 4) is 17.3 Å². The second kappa shape index (κ2) is 9.55. The molecule has 0 bridgehead atoms. The van der Waals surface area contributed by atoms with Gasteiger partial charge >= 0.3 is 0 Å². The number of carbonyl (C=O) groups is 1. The van der Waals surface area contributed by atoms with E-state index in [1.54, 1.807) is 29.9 Å². The monoisotopic (exact) mass is 423 g/mol. The van der Waals surface area contributed by atoms with Crippen LogP contribution >= 0.6 is 12.4 Å². The fourth-order valence-corrected chi connectivity index (χ4v) is 3.29. The molecule has 0 spiro atoms. The largest absolute Gasteiger partial charge is 0.371 e. The van der Waals surface area contributed by atoms with Crippen molar-refractivity contribution in [3.05, 3.63) is 71.4 Å². The van der Waals surface area contributed by atoms with Crippen LogP contribution in [0.4, 0.5) is 5.69 Å². The minimum atomic E-state index is -0.233. The molecular formula is C22H22ClN5O2. The summed E-state index contributed by atoms with van der Waals surface area (Å²) in [6, 6.07) is 18.6. The summed E-state index contributed by atoms with van der Waals surface area (Å²) in [5.74, 6) is -0.233. The molecule has 2 heterocycles. The van der Waals surface area contributed by atoms with Gasteiger partial charge in [0.1, 0.15) is 5.69 Å². The Kier molecular flexibility index (Phi) is 6.85. The molecule has 30 heavy (non-hydrogen) atoms. The van der Waals surface area contributed by atoms with Gasteiger partial charge in [-0.2, -0.15) is 10.4 Å². The van der Waals surface area contributed by atoms with Crippen molar-refractivity contribution in [1.29, 1.82) is 5.26 Å². The molecule has 3 aromatic rings. The predicted octanol–water partition coefficient (Wildman–Crippen LogP) is 3.29. The molecule has 0 saturated carbocycles. The van der Waals surface area contributed by atoms with Crippen LogP contribution in [0.15, 0.2) is 54.6 Å². The third-order valence-corrected chi connectivity index (χ3v) is 4.89. The molecule has 1 fully saturated rings. The third kappa shape index (κ3) is 4.69. The number of aryl methyl sites for hydroxylation is 1. The quantitative estimate of drug-likeness (QED) is 0.671. The Morgan fingerprint density at radius 1 is 1.23 bits per heavy atom. The van der Waals surface area contributed by atoms with Crippen LogP contribution in [-0.2, 0) is 11.8 Å². The summed E-state index contributed by atoms with van der Waals surface area (Å²) in [7, 11) is 1.73. The van der Waals surface area contributed by atoms with Gasteiger partial charge in [-0.25, -0.2) is 0 Å². The number of nitriles is 1. The molecule has 8 heteroatoms. The van der Waals surface area contributed by atoms with E-state index in [1.165, 1.54) is 0 Å².